The Balaban J connectivity index is 2.16. The number of hydrogen-bond acceptors (Lipinski definition) is 5. The van der Waals surface area contributed by atoms with Gasteiger partial charge in [0.2, 0.25) is 0 Å². The number of hydrogen-bond donors (Lipinski definition) is 1. The summed E-state index contributed by atoms with van der Waals surface area (Å²) in [5, 5.41) is 11.6. The van der Waals surface area contributed by atoms with Gasteiger partial charge in [0.15, 0.2) is 10.0 Å². The van der Waals surface area contributed by atoms with Crippen LogP contribution in [0, 0.1) is 0 Å². The maximum atomic E-state index is 11.3. The number of carboxylic acid groups (broad SMARTS) is 1. The number of carboxylic acids is 1. The molecule has 3 rings (SSSR count). The zero-order valence-electron chi connectivity index (χ0n) is 8.98. The third-order valence-corrected chi connectivity index (χ3v) is 4.16. The van der Waals surface area contributed by atoms with E-state index in [2.05, 4.69) is 9.97 Å². The van der Waals surface area contributed by atoms with Crippen molar-refractivity contribution in [2.45, 2.75) is 9.37 Å². The number of fused-ring (bicyclic) bond motifs is 1. The van der Waals surface area contributed by atoms with Gasteiger partial charge in [-0.15, -0.1) is 11.3 Å². The normalized spacial score (nSPS) is 10.9. The predicted octanol–water partition coefficient (Wildman–Crippen LogP) is 2.64. The molecule has 0 aliphatic rings. The smallest absolute Gasteiger partial charge is 0.355 e. The largest absolute Gasteiger partial charge is 0.476 e. The fourth-order valence-corrected chi connectivity index (χ4v) is 3.24. The van der Waals surface area contributed by atoms with E-state index < -0.39 is 5.97 Å². The van der Waals surface area contributed by atoms with Gasteiger partial charge in [0.1, 0.15) is 10.7 Å². The highest BCUT2D eigenvalue weighted by Crippen LogP contribution is 2.31. The van der Waals surface area contributed by atoms with Gasteiger partial charge in [-0.1, -0.05) is 6.07 Å². The Labute approximate surface area is 110 Å². The van der Waals surface area contributed by atoms with Crippen LogP contribution in [0.4, 0.5) is 0 Å². The number of pyridine rings is 1. The number of rotatable bonds is 3. The molecule has 0 atom stereocenters. The SMILES string of the molecule is O=C(O)c1c(Sc2nccs2)nc2ccccn12. The van der Waals surface area contributed by atoms with Crippen LogP contribution in [0.1, 0.15) is 10.5 Å². The topological polar surface area (TPSA) is 67.5 Å². The van der Waals surface area contributed by atoms with Crippen LogP contribution in [0.5, 0.6) is 0 Å². The average molecular weight is 277 g/mol. The molecule has 7 heteroatoms. The fraction of sp³-hybridized carbons (Fsp3) is 0. The Kier molecular flexibility index (Phi) is 2.77. The van der Waals surface area contributed by atoms with E-state index in [4.69, 9.17) is 0 Å². The molecule has 3 heterocycles. The van der Waals surface area contributed by atoms with Crippen LogP contribution < -0.4 is 0 Å². The van der Waals surface area contributed by atoms with Crippen LogP contribution in [0.15, 0.2) is 45.3 Å². The second-order valence-corrected chi connectivity index (χ2v) is 5.53. The van der Waals surface area contributed by atoms with Crippen molar-refractivity contribution in [3.63, 3.8) is 0 Å². The lowest BCUT2D eigenvalue weighted by Crippen LogP contribution is -2.02. The van der Waals surface area contributed by atoms with Gasteiger partial charge in [-0.25, -0.2) is 14.8 Å². The summed E-state index contributed by atoms with van der Waals surface area (Å²) in [6, 6.07) is 5.38. The molecule has 18 heavy (non-hydrogen) atoms. The van der Waals surface area contributed by atoms with E-state index in [1.54, 1.807) is 28.9 Å². The molecule has 0 bridgehead atoms. The van der Waals surface area contributed by atoms with Gasteiger partial charge in [-0.05, 0) is 23.9 Å². The zero-order valence-corrected chi connectivity index (χ0v) is 10.6. The average Bonchev–Trinajstić information content (AvgIpc) is 2.95. The lowest BCUT2D eigenvalue weighted by atomic mass is 10.4. The standard InChI is InChI=1S/C11H7N3O2S2/c15-10(16)8-9(18-11-12-4-6-17-11)13-7-3-1-2-5-14(7)8/h1-6H,(H,15,16). The molecule has 0 spiro atoms. The van der Waals surface area contributed by atoms with E-state index >= 15 is 0 Å². The first-order valence-electron chi connectivity index (χ1n) is 5.03. The Bertz CT molecular complexity index is 706. The van der Waals surface area contributed by atoms with Crippen LogP contribution in [0.25, 0.3) is 5.65 Å². The van der Waals surface area contributed by atoms with Gasteiger partial charge in [0.05, 0.1) is 0 Å². The van der Waals surface area contributed by atoms with Crippen molar-refractivity contribution in [3.8, 4) is 0 Å². The number of aromatic nitrogens is 3. The Hall–Kier alpha value is -1.86. The van der Waals surface area contributed by atoms with Crippen molar-refractivity contribution >= 4 is 34.7 Å². The van der Waals surface area contributed by atoms with Gasteiger partial charge in [0, 0.05) is 17.8 Å². The van der Waals surface area contributed by atoms with Gasteiger partial charge in [0.25, 0.3) is 0 Å². The summed E-state index contributed by atoms with van der Waals surface area (Å²) in [5.41, 5.74) is 0.791. The lowest BCUT2D eigenvalue weighted by Gasteiger charge is -1.97. The fourth-order valence-electron chi connectivity index (χ4n) is 1.58. The minimum Gasteiger partial charge on any atom is -0.476 e. The maximum Gasteiger partial charge on any atom is 0.355 e. The summed E-state index contributed by atoms with van der Waals surface area (Å²) in [6.07, 6.45) is 3.38. The number of carbonyl (C=O) groups is 1. The molecule has 0 saturated carbocycles. The number of imidazole rings is 1. The van der Waals surface area contributed by atoms with Crippen molar-refractivity contribution < 1.29 is 9.90 Å². The first-order chi connectivity index (χ1) is 8.75. The summed E-state index contributed by atoms with van der Waals surface area (Å²) in [6.45, 7) is 0. The van der Waals surface area contributed by atoms with Gasteiger partial charge < -0.3 is 5.11 Å². The first-order valence-corrected chi connectivity index (χ1v) is 6.73. The van der Waals surface area contributed by atoms with Crippen LogP contribution in [0.2, 0.25) is 0 Å². The molecule has 0 aromatic carbocycles. The molecule has 0 aliphatic heterocycles. The van der Waals surface area contributed by atoms with Crippen molar-refractivity contribution in [2.24, 2.45) is 0 Å². The van der Waals surface area contributed by atoms with E-state index in [0.29, 0.717) is 10.7 Å². The van der Waals surface area contributed by atoms with Crippen LogP contribution >= 0.6 is 23.1 Å². The van der Waals surface area contributed by atoms with Crippen LogP contribution in [-0.2, 0) is 0 Å². The lowest BCUT2D eigenvalue weighted by molar-refractivity contribution is 0.0685. The van der Waals surface area contributed by atoms with Crippen LogP contribution in [-0.4, -0.2) is 25.4 Å². The van der Waals surface area contributed by atoms with Crippen molar-refractivity contribution in [2.75, 3.05) is 0 Å². The van der Waals surface area contributed by atoms with Gasteiger partial charge in [-0.3, -0.25) is 4.40 Å². The quantitative estimate of drug-likeness (QED) is 0.797. The molecule has 90 valence electrons. The Morgan fingerprint density at radius 3 is 3.06 bits per heavy atom. The summed E-state index contributed by atoms with van der Waals surface area (Å²) >= 11 is 2.73. The first kappa shape index (κ1) is 11.2. The maximum absolute atomic E-state index is 11.3. The molecule has 5 nitrogen and oxygen atoms in total. The molecule has 0 fully saturated rings. The molecule has 1 N–H and O–H groups in total. The Morgan fingerprint density at radius 2 is 2.33 bits per heavy atom. The third kappa shape index (κ3) is 1.87. The van der Waals surface area contributed by atoms with E-state index in [1.807, 2.05) is 11.4 Å². The molecule has 3 aromatic rings. The highest BCUT2D eigenvalue weighted by Gasteiger charge is 2.19. The van der Waals surface area contributed by atoms with Gasteiger partial charge in [-0.2, -0.15) is 0 Å². The third-order valence-electron chi connectivity index (χ3n) is 2.29. The van der Waals surface area contributed by atoms with Crippen molar-refractivity contribution in [3.05, 3.63) is 41.7 Å². The van der Waals surface area contributed by atoms with E-state index in [1.165, 1.54) is 23.1 Å². The zero-order chi connectivity index (χ0) is 12.5. The highest BCUT2D eigenvalue weighted by molar-refractivity contribution is 8.01. The van der Waals surface area contributed by atoms with Crippen molar-refractivity contribution in [1.29, 1.82) is 0 Å². The molecular weight excluding hydrogens is 270 g/mol. The number of aromatic carboxylic acids is 1. The number of nitrogens with zero attached hydrogens (tertiary/aromatic N) is 3. The van der Waals surface area contributed by atoms with Crippen molar-refractivity contribution in [1.82, 2.24) is 14.4 Å². The summed E-state index contributed by atoms with van der Waals surface area (Å²) < 4.78 is 2.35. The predicted molar refractivity (Wildman–Crippen MR) is 68.4 cm³/mol. The molecule has 0 amide bonds. The molecule has 0 saturated heterocycles. The molecular formula is C11H7N3O2S2. The van der Waals surface area contributed by atoms with E-state index in [0.717, 1.165) is 4.34 Å². The second kappa shape index (κ2) is 4.43. The summed E-state index contributed by atoms with van der Waals surface area (Å²) in [7, 11) is 0. The van der Waals surface area contributed by atoms with E-state index in [-0.39, 0.29) is 5.69 Å². The molecule has 3 aromatic heterocycles. The van der Waals surface area contributed by atoms with Gasteiger partial charge >= 0.3 is 5.97 Å². The molecule has 0 aliphatic carbocycles. The van der Waals surface area contributed by atoms with E-state index in [9.17, 15) is 9.90 Å². The molecule has 0 radical (unpaired) electrons. The number of thiazole rings is 1. The second-order valence-electron chi connectivity index (χ2n) is 3.40. The monoisotopic (exact) mass is 277 g/mol. The summed E-state index contributed by atoms with van der Waals surface area (Å²) in [4.78, 5) is 19.8. The van der Waals surface area contributed by atoms with Crippen LogP contribution in [0.3, 0.4) is 0 Å². The molecule has 0 unspecified atom stereocenters. The minimum absolute atomic E-state index is 0.172. The Morgan fingerprint density at radius 1 is 1.44 bits per heavy atom. The minimum atomic E-state index is -0.993. The highest BCUT2D eigenvalue weighted by atomic mass is 32.2. The summed E-state index contributed by atoms with van der Waals surface area (Å²) in [5.74, 6) is -0.993.